The first-order valence-corrected chi connectivity index (χ1v) is 12.1. The van der Waals surface area contributed by atoms with E-state index in [9.17, 15) is 0 Å². The van der Waals surface area contributed by atoms with Crippen LogP contribution in [0.3, 0.4) is 0 Å². The molecule has 0 nitrogen and oxygen atoms in total. The third kappa shape index (κ3) is 2.47. The van der Waals surface area contributed by atoms with Crippen LogP contribution in [-0.4, -0.2) is 0 Å². The first-order chi connectivity index (χ1) is 13.8. The summed E-state index contributed by atoms with van der Waals surface area (Å²) in [7, 11) is 0. The van der Waals surface area contributed by atoms with Crippen molar-refractivity contribution in [2.75, 3.05) is 0 Å². The van der Waals surface area contributed by atoms with Gasteiger partial charge in [0.15, 0.2) is 0 Å². The minimum atomic E-state index is 0.620. The van der Waals surface area contributed by atoms with Crippen LogP contribution in [0.4, 0.5) is 0 Å². The summed E-state index contributed by atoms with van der Waals surface area (Å²) < 4.78 is 2.74. The van der Waals surface area contributed by atoms with Crippen LogP contribution in [-0.2, 0) is 0 Å². The Hall–Kier alpha value is -2.20. The molecule has 6 rings (SSSR count). The molecule has 0 N–H and O–H groups in total. The highest BCUT2D eigenvalue weighted by atomic mass is 32.1. The summed E-state index contributed by atoms with van der Waals surface area (Å²) in [5, 5.41) is 5.09. The van der Waals surface area contributed by atoms with Gasteiger partial charge in [-0.15, -0.1) is 34.0 Å². The van der Waals surface area contributed by atoms with Crippen LogP contribution >= 0.6 is 34.0 Å². The molecule has 3 aromatic heterocycles. The molecule has 0 saturated carbocycles. The van der Waals surface area contributed by atoms with Crippen molar-refractivity contribution in [1.82, 2.24) is 0 Å². The van der Waals surface area contributed by atoms with Crippen LogP contribution in [0, 0.1) is 0 Å². The van der Waals surface area contributed by atoms with Crippen molar-refractivity contribution < 1.29 is 0 Å². The van der Waals surface area contributed by atoms with Gasteiger partial charge in [-0.05, 0) is 36.1 Å². The fourth-order valence-corrected chi connectivity index (χ4v) is 7.81. The summed E-state index contributed by atoms with van der Waals surface area (Å²) >= 11 is 5.77. The molecule has 1 unspecified atom stereocenters. The molecule has 0 fully saturated rings. The predicted molar refractivity (Wildman–Crippen MR) is 128 cm³/mol. The number of allylic oxidation sites excluding steroid dienone is 1. The number of fused-ring (bicyclic) bond motifs is 3. The van der Waals surface area contributed by atoms with Crippen LogP contribution in [0.15, 0.2) is 66.1 Å². The lowest BCUT2D eigenvalue weighted by atomic mass is 9.96. The molecule has 0 amide bonds. The second-order valence-corrected chi connectivity index (χ2v) is 10.5. The Balaban J connectivity index is 1.67. The van der Waals surface area contributed by atoms with E-state index in [1.807, 2.05) is 34.0 Å². The molecule has 0 saturated heterocycles. The topological polar surface area (TPSA) is 0 Å². The maximum atomic E-state index is 2.42. The Morgan fingerprint density at radius 2 is 1.68 bits per heavy atom. The average Bonchev–Trinajstić information content (AvgIpc) is 3.42. The zero-order chi connectivity index (χ0) is 18.7. The fourth-order valence-electron chi connectivity index (χ4n) is 4.20. The van der Waals surface area contributed by atoms with E-state index in [4.69, 9.17) is 0 Å². The van der Waals surface area contributed by atoms with Gasteiger partial charge in [-0.1, -0.05) is 55.5 Å². The Kier molecular flexibility index (Phi) is 3.83. The zero-order valence-corrected chi connectivity index (χ0v) is 17.9. The van der Waals surface area contributed by atoms with E-state index in [0.29, 0.717) is 5.92 Å². The number of benzene rings is 2. The summed E-state index contributed by atoms with van der Waals surface area (Å²) in [6.07, 6.45) is 5.78. The second kappa shape index (κ2) is 6.41. The Morgan fingerprint density at radius 3 is 2.54 bits per heavy atom. The normalized spacial score (nSPS) is 16.1. The molecule has 136 valence electrons. The standard InChI is InChI=1S/C25H18S3/c1-15-7-6-8-16-13-22(28-24(15)16)23-18-10-3-5-12-21(18)27-25(23)19-14-26-20-11-4-2-9-17(19)20/h2-6,8-15H,7H2,1H3. The lowest BCUT2D eigenvalue weighted by molar-refractivity contribution is 0.790. The highest BCUT2D eigenvalue weighted by molar-refractivity contribution is 7.25. The molecule has 1 aliphatic carbocycles. The molecule has 0 bridgehead atoms. The van der Waals surface area contributed by atoms with Crippen molar-refractivity contribution in [2.24, 2.45) is 0 Å². The number of thiophene rings is 3. The SMILES string of the molecule is CC1CC=Cc2cc(-c3c(-c4csc5ccccc45)sc4ccccc34)sc21. The van der Waals surface area contributed by atoms with Crippen molar-refractivity contribution in [3.05, 3.63) is 76.5 Å². The van der Waals surface area contributed by atoms with Gasteiger partial charge in [-0.2, -0.15) is 0 Å². The molecule has 2 aromatic carbocycles. The van der Waals surface area contributed by atoms with E-state index >= 15 is 0 Å². The van der Waals surface area contributed by atoms with Gasteiger partial charge >= 0.3 is 0 Å². The largest absolute Gasteiger partial charge is 0.143 e. The van der Waals surface area contributed by atoms with Gasteiger partial charge in [0, 0.05) is 51.3 Å². The van der Waals surface area contributed by atoms with Crippen molar-refractivity contribution in [3.63, 3.8) is 0 Å². The van der Waals surface area contributed by atoms with Gasteiger partial charge in [-0.3, -0.25) is 0 Å². The van der Waals surface area contributed by atoms with Crippen molar-refractivity contribution >= 4 is 60.3 Å². The molecule has 28 heavy (non-hydrogen) atoms. The van der Waals surface area contributed by atoms with Crippen molar-refractivity contribution in [2.45, 2.75) is 19.3 Å². The summed E-state index contributed by atoms with van der Waals surface area (Å²) in [5.41, 5.74) is 4.21. The summed E-state index contributed by atoms with van der Waals surface area (Å²) in [6, 6.07) is 20.1. The molecule has 3 heteroatoms. The van der Waals surface area contributed by atoms with E-state index in [1.54, 1.807) is 0 Å². The van der Waals surface area contributed by atoms with Gasteiger partial charge in [-0.25, -0.2) is 0 Å². The lowest BCUT2D eigenvalue weighted by Gasteiger charge is -2.11. The van der Waals surface area contributed by atoms with E-state index in [0.717, 1.165) is 6.42 Å². The summed E-state index contributed by atoms with van der Waals surface area (Å²) in [4.78, 5) is 4.36. The molecule has 0 spiro atoms. The van der Waals surface area contributed by atoms with Gasteiger partial charge in [0.25, 0.3) is 0 Å². The Labute approximate surface area is 176 Å². The van der Waals surface area contributed by atoms with E-state index in [-0.39, 0.29) is 0 Å². The minimum absolute atomic E-state index is 0.620. The second-order valence-electron chi connectivity index (χ2n) is 7.42. The molecule has 1 aliphatic rings. The highest BCUT2D eigenvalue weighted by Crippen LogP contribution is 2.51. The number of rotatable bonds is 2. The monoisotopic (exact) mass is 414 g/mol. The molecular formula is C25H18S3. The quantitative estimate of drug-likeness (QED) is 0.270. The smallest absolute Gasteiger partial charge is 0.0456 e. The maximum Gasteiger partial charge on any atom is 0.0456 e. The molecular weight excluding hydrogens is 396 g/mol. The fraction of sp³-hybridized carbons (Fsp3) is 0.120. The first-order valence-electron chi connectivity index (χ1n) is 9.58. The van der Waals surface area contributed by atoms with Crippen LogP contribution in [0.1, 0.15) is 29.7 Å². The Bertz CT molecular complexity index is 1360. The third-order valence-corrected chi connectivity index (χ3v) is 9.16. The van der Waals surface area contributed by atoms with Gasteiger partial charge in [0.2, 0.25) is 0 Å². The van der Waals surface area contributed by atoms with Crippen molar-refractivity contribution in [1.29, 1.82) is 0 Å². The van der Waals surface area contributed by atoms with E-state index in [2.05, 4.69) is 79.1 Å². The van der Waals surface area contributed by atoms with Crippen molar-refractivity contribution in [3.8, 4) is 20.9 Å². The summed E-state index contributed by atoms with van der Waals surface area (Å²) in [5.74, 6) is 0.620. The Morgan fingerprint density at radius 1 is 0.893 bits per heavy atom. The minimum Gasteiger partial charge on any atom is -0.143 e. The molecule has 1 atom stereocenters. The van der Waals surface area contributed by atoms with Gasteiger partial charge in [0.05, 0.1) is 0 Å². The highest BCUT2D eigenvalue weighted by Gasteiger charge is 2.23. The predicted octanol–water partition coefficient (Wildman–Crippen LogP) is 9.03. The number of hydrogen-bond acceptors (Lipinski definition) is 3. The maximum absolute atomic E-state index is 2.42. The first kappa shape index (κ1) is 16.7. The lowest BCUT2D eigenvalue weighted by Crippen LogP contribution is -1.93. The van der Waals surface area contributed by atoms with Crippen LogP contribution in [0.25, 0.3) is 47.1 Å². The summed E-state index contributed by atoms with van der Waals surface area (Å²) in [6.45, 7) is 2.35. The van der Waals surface area contributed by atoms with E-state index in [1.165, 1.54) is 51.5 Å². The molecule has 5 aromatic rings. The number of hydrogen-bond donors (Lipinski definition) is 0. The van der Waals surface area contributed by atoms with Crippen LogP contribution in [0.2, 0.25) is 0 Å². The van der Waals surface area contributed by atoms with Crippen LogP contribution < -0.4 is 0 Å². The van der Waals surface area contributed by atoms with Gasteiger partial charge < -0.3 is 0 Å². The zero-order valence-electron chi connectivity index (χ0n) is 15.4. The molecule has 3 heterocycles. The average molecular weight is 415 g/mol. The van der Waals surface area contributed by atoms with Gasteiger partial charge in [0.1, 0.15) is 0 Å². The third-order valence-electron chi connectivity index (χ3n) is 5.59. The molecule has 0 radical (unpaired) electrons. The van der Waals surface area contributed by atoms with Crippen LogP contribution in [0.5, 0.6) is 0 Å². The van der Waals surface area contributed by atoms with E-state index < -0.39 is 0 Å². The molecule has 0 aliphatic heterocycles.